The zero-order valence-electron chi connectivity index (χ0n) is 11.9. The zero-order valence-corrected chi connectivity index (χ0v) is 11.9. The molecule has 0 aliphatic heterocycles. The average Bonchev–Trinajstić information content (AvgIpc) is 2.48. The minimum absolute atomic E-state index is 0.000588. The first kappa shape index (κ1) is 16.5. The van der Waals surface area contributed by atoms with Crippen molar-refractivity contribution in [2.45, 2.75) is 13.3 Å². The molecule has 0 saturated heterocycles. The molecular formula is C14H12F3N3O3. The van der Waals surface area contributed by atoms with Gasteiger partial charge in [-0.05, 0) is 25.1 Å². The van der Waals surface area contributed by atoms with Gasteiger partial charge in [0.2, 0.25) is 0 Å². The van der Waals surface area contributed by atoms with E-state index in [1.54, 1.807) is 6.92 Å². The molecule has 0 radical (unpaired) electrons. The van der Waals surface area contributed by atoms with Crippen molar-refractivity contribution in [1.29, 1.82) is 0 Å². The Hall–Kier alpha value is -2.84. The van der Waals surface area contributed by atoms with Crippen LogP contribution < -0.4 is 14.8 Å². The molecule has 0 atom stereocenters. The molecule has 0 bridgehead atoms. The number of nitrogens with zero attached hydrogens (tertiary/aromatic N) is 2. The van der Waals surface area contributed by atoms with Crippen molar-refractivity contribution in [3.63, 3.8) is 0 Å². The minimum atomic E-state index is -4.82. The van der Waals surface area contributed by atoms with Crippen molar-refractivity contribution in [2.24, 2.45) is 0 Å². The van der Waals surface area contributed by atoms with Gasteiger partial charge in [-0.2, -0.15) is 0 Å². The summed E-state index contributed by atoms with van der Waals surface area (Å²) in [6, 6.07) is 4.88. The molecule has 1 aromatic carbocycles. The first-order valence-electron chi connectivity index (χ1n) is 6.49. The van der Waals surface area contributed by atoms with E-state index in [1.165, 1.54) is 24.5 Å². The van der Waals surface area contributed by atoms with Crippen molar-refractivity contribution in [2.75, 3.05) is 11.9 Å². The van der Waals surface area contributed by atoms with E-state index in [-0.39, 0.29) is 17.3 Å². The third-order valence-electron chi connectivity index (χ3n) is 2.49. The Morgan fingerprint density at radius 3 is 2.57 bits per heavy atom. The summed E-state index contributed by atoms with van der Waals surface area (Å²) in [5.74, 6) is -1.10. The quantitative estimate of drug-likeness (QED) is 0.914. The summed E-state index contributed by atoms with van der Waals surface area (Å²) in [5, 5.41) is 2.46. The lowest BCUT2D eigenvalue weighted by molar-refractivity contribution is -0.274. The van der Waals surface area contributed by atoms with Crippen LogP contribution in [0.2, 0.25) is 0 Å². The van der Waals surface area contributed by atoms with Crippen LogP contribution in [0.5, 0.6) is 11.8 Å². The van der Waals surface area contributed by atoms with Crippen LogP contribution >= 0.6 is 0 Å². The molecular weight excluding hydrogens is 315 g/mol. The molecule has 122 valence electrons. The van der Waals surface area contributed by atoms with Gasteiger partial charge in [0.05, 0.1) is 24.7 Å². The number of halogens is 3. The molecule has 2 aromatic rings. The number of ether oxygens (including phenoxy) is 2. The van der Waals surface area contributed by atoms with Gasteiger partial charge < -0.3 is 14.8 Å². The van der Waals surface area contributed by atoms with Gasteiger partial charge >= 0.3 is 12.4 Å². The summed E-state index contributed by atoms with van der Waals surface area (Å²) in [4.78, 5) is 19.7. The number of alkyl halides is 3. The van der Waals surface area contributed by atoms with E-state index in [0.717, 1.165) is 12.1 Å². The summed E-state index contributed by atoms with van der Waals surface area (Å²) in [7, 11) is 0. The maximum Gasteiger partial charge on any atom is 0.573 e. The number of nitrogens with one attached hydrogen (secondary N) is 1. The Kier molecular flexibility index (Phi) is 4.99. The second-order valence-electron chi connectivity index (χ2n) is 4.22. The van der Waals surface area contributed by atoms with Crippen LogP contribution in [0.25, 0.3) is 0 Å². The standard InChI is InChI=1S/C14H12F3N3O3/c1-2-22-13-18-7-10(8-19-13)20-12(21)9-4-3-5-11(6-9)23-14(15,16)17/h3-8H,2H2,1H3,(H,20,21). The van der Waals surface area contributed by atoms with Crippen LogP contribution in [0.15, 0.2) is 36.7 Å². The Morgan fingerprint density at radius 2 is 1.96 bits per heavy atom. The van der Waals surface area contributed by atoms with E-state index in [9.17, 15) is 18.0 Å². The molecule has 0 aliphatic carbocycles. The van der Waals surface area contributed by atoms with Crippen molar-refractivity contribution in [1.82, 2.24) is 9.97 Å². The molecule has 2 rings (SSSR count). The molecule has 6 nitrogen and oxygen atoms in total. The fourth-order valence-corrected chi connectivity index (χ4v) is 1.62. The molecule has 1 amide bonds. The smallest absolute Gasteiger partial charge is 0.464 e. The average molecular weight is 327 g/mol. The highest BCUT2D eigenvalue weighted by Gasteiger charge is 2.31. The molecule has 0 unspecified atom stereocenters. The third-order valence-corrected chi connectivity index (χ3v) is 2.49. The van der Waals surface area contributed by atoms with Gasteiger partial charge in [-0.25, -0.2) is 9.97 Å². The summed E-state index contributed by atoms with van der Waals surface area (Å²) < 4.78 is 45.3. The summed E-state index contributed by atoms with van der Waals surface area (Å²) in [6.45, 7) is 2.17. The van der Waals surface area contributed by atoms with E-state index in [1.807, 2.05) is 0 Å². The normalized spacial score (nSPS) is 11.0. The van der Waals surface area contributed by atoms with Gasteiger partial charge in [-0.1, -0.05) is 6.07 Å². The number of aromatic nitrogens is 2. The SMILES string of the molecule is CCOc1ncc(NC(=O)c2cccc(OC(F)(F)F)c2)cn1. The summed E-state index contributed by atoms with van der Waals surface area (Å²) >= 11 is 0. The number of hydrogen-bond donors (Lipinski definition) is 1. The number of carbonyl (C=O) groups is 1. The highest BCUT2D eigenvalue weighted by Crippen LogP contribution is 2.23. The zero-order chi connectivity index (χ0) is 16.9. The van der Waals surface area contributed by atoms with Crippen molar-refractivity contribution in [3.8, 4) is 11.8 Å². The lowest BCUT2D eigenvalue weighted by Gasteiger charge is -2.10. The second-order valence-corrected chi connectivity index (χ2v) is 4.22. The number of anilines is 1. The number of amides is 1. The molecule has 23 heavy (non-hydrogen) atoms. The van der Waals surface area contributed by atoms with Gasteiger partial charge in [0.25, 0.3) is 5.91 Å². The topological polar surface area (TPSA) is 73.3 Å². The van der Waals surface area contributed by atoms with Crippen LogP contribution in [-0.2, 0) is 0 Å². The lowest BCUT2D eigenvalue weighted by Crippen LogP contribution is -2.18. The van der Waals surface area contributed by atoms with Gasteiger partial charge in [-0.15, -0.1) is 13.2 Å². The molecule has 0 saturated carbocycles. The molecule has 0 spiro atoms. The van der Waals surface area contributed by atoms with Crippen LogP contribution in [0.3, 0.4) is 0 Å². The first-order valence-corrected chi connectivity index (χ1v) is 6.49. The van der Waals surface area contributed by atoms with Crippen molar-refractivity contribution in [3.05, 3.63) is 42.2 Å². The van der Waals surface area contributed by atoms with Gasteiger partial charge in [0.1, 0.15) is 5.75 Å². The number of hydrogen-bond acceptors (Lipinski definition) is 5. The maximum atomic E-state index is 12.2. The highest BCUT2D eigenvalue weighted by atomic mass is 19.4. The lowest BCUT2D eigenvalue weighted by atomic mass is 10.2. The third kappa shape index (κ3) is 5.13. The minimum Gasteiger partial charge on any atom is -0.464 e. The van der Waals surface area contributed by atoms with E-state index in [4.69, 9.17) is 4.74 Å². The van der Waals surface area contributed by atoms with Gasteiger partial charge in [0.15, 0.2) is 0 Å². The first-order chi connectivity index (χ1) is 10.9. The predicted octanol–water partition coefficient (Wildman–Crippen LogP) is 3.03. The van der Waals surface area contributed by atoms with E-state index < -0.39 is 18.0 Å². The number of rotatable bonds is 5. The maximum absolute atomic E-state index is 12.2. The molecule has 1 N–H and O–H groups in total. The molecule has 1 heterocycles. The Morgan fingerprint density at radius 1 is 1.26 bits per heavy atom. The molecule has 0 aliphatic rings. The van der Waals surface area contributed by atoms with Gasteiger partial charge in [-0.3, -0.25) is 4.79 Å². The van der Waals surface area contributed by atoms with E-state index in [2.05, 4.69) is 20.0 Å². The Balaban J connectivity index is 2.07. The van der Waals surface area contributed by atoms with Crippen LogP contribution in [0.1, 0.15) is 17.3 Å². The monoisotopic (exact) mass is 327 g/mol. The molecule has 0 fully saturated rings. The molecule has 1 aromatic heterocycles. The summed E-state index contributed by atoms with van der Waals surface area (Å²) in [6.07, 6.45) is -2.17. The van der Waals surface area contributed by atoms with Crippen molar-refractivity contribution >= 4 is 11.6 Å². The van der Waals surface area contributed by atoms with Crippen molar-refractivity contribution < 1.29 is 27.4 Å². The summed E-state index contributed by atoms with van der Waals surface area (Å²) in [5.41, 5.74) is 0.279. The predicted molar refractivity (Wildman–Crippen MR) is 74.3 cm³/mol. The fourth-order valence-electron chi connectivity index (χ4n) is 1.62. The number of benzene rings is 1. The Bertz CT molecular complexity index is 675. The fraction of sp³-hybridized carbons (Fsp3) is 0.214. The highest BCUT2D eigenvalue weighted by molar-refractivity contribution is 6.04. The largest absolute Gasteiger partial charge is 0.573 e. The Labute approximate surface area is 129 Å². The molecule has 9 heteroatoms. The van der Waals surface area contributed by atoms with Crippen LogP contribution in [0.4, 0.5) is 18.9 Å². The number of carbonyl (C=O) groups excluding carboxylic acids is 1. The second kappa shape index (κ2) is 6.95. The van der Waals surface area contributed by atoms with Gasteiger partial charge in [0, 0.05) is 5.56 Å². The van der Waals surface area contributed by atoms with Crippen LogP contribution in [0, 0.1) is 0 Å². The van der Waals surface area contributed by atoms with E-state index >= 15 is 0 Å². The van der Waals surface area contributed by atoms with Crippen LogP contribution in [-0.4, -0.2) is 28.8 Å². The van der Waals surface area contributed by atoms with E-state index in [0.29, 0.717) is 6.61 Å².